The summed E-state index contributed by atoms with van der Waals surface area (Å²) in [5.41, 5.74) is 1.30. The van der Waals surface area contributed by atoms with Crippen LogP contribution in [0.4, 0.5) is 0 Å². The highest BCUT2D eigenvalue weighted by Gasteiger charge is 2.22. The molecule has 1 saturated carbocycles. The summed E-state index contributed by atoms with van der Waals surface area (Å²) < 4.78 is 6.98. The molecule has 2 rings (SSSR count). The summed E-state index contributed by atoms with van der Waals surface area (Å²) in [4.78, 5) is 0. The highest BCUT2D eigenvalue weighted by molar-refractivity contribution is 9.10. The van der Waals surface area contributed by atoms with Crippen LogP contribution >= 0.6 is 15.9 Å². The van der Waals surface area contributed by atoms with Crippen LogP contribution in [0.1, 0.15) is 64.0 Å². The topological polar surface area (TPSA) is 21.3 Å². The Bertz CT molecular complexity index is 429. The molecule has 0 heterocycles. The lowest BCUT2D eigenvalue weighted by Crippen LogP contribution is -2.25. The minimum atomic E-state index is 0.400. The molecule has 1 aliphatic carbocycles. The lowest BCUT2D eigenvalue weighted by atomic mass is 9.83. The number of nitrogens with one attached hydrogen (secondary N) is 1. The van der Waals surface area contributed by atoms with Crippen molar-refractivity contribution in [3.8, 4) is 5.75 Å². The van der Waals surface area contributed by atoms with E-state index in [4.69, 9.17) is 4.74 Å². The second-order valence-electron chi connectivity index (χ2n) is 5.97. The van der Waals surface area contributed by atoms with Crippen molar-refractivity contribution in [2.45, 2.75) is 58.4 Å². The average Bonchev–Trinajstić information content (AvgIpc) is 2.50. The molecule has 1 fully saturated rings. The summed E-state index contributed by atoms with van der Waals surface area (Å²) in [5.74, 6) is 1.89. The van der Waals surface area contributed by atoms with Gasteiger partial charge in [-0.15, -0.1) is 0 Å². The van der Waals surface area contributed by atoms with Crippen LogP contribution in [0.25, 0.3) is 0 Å². The zero-order valence-electron chi connectivity index (χ0n) is 13.3. The summed E-state index contributed by atoms with van der Waals surface area (Å²) in [5, 5.41) is 3.67. The van der Waals surface area contributed by atoms with Crippen LogP contribution in [-0.2, 0) is 0 Å². The van der Waals surface area contributed by atoms with Crippen molar-refractivity contribution >= 4 is 15.9 Å². The highest BCUT2D eigenvalue weighted by atomic mass is 79.9. The maximum absolute atomic E-state index is 5.85. The van der Waals surface area contributed by atoms with Crippen molar-refractivity contribution in [2.24, 2.45) is 5.92 Å². The van der Waals surface area contributed by atoms with Crippen LogP contribution in [-0.4, -0.2) is 13.2 Å². The van der Waals surface area contributed by atoms with Gasteiger partial charge in [-0.3, -0.25) is 0 Å². The molecule has 1 atom stereocenters. The Morgan fingerprint density at radius 2 is 2.00 bits per heavy atom. The lowest BCUT2D eigenvalue weighted by molar-refractivity contribution is 0.291. The van der Waals surface area contributed by atoms with Crippen LogP contribution in [0.5, 0.6) is 5.75 Å². The van der Waals surface area contributed by atoms with Gasteiger partial charge in [0.25, 0.3) is 0 Å². The van der Waals surface area contributed by atoms with Crippen molar-refractivity contribution < 1.29 is 4.74 Å². The van der Waals surface area contributed by atoms with Gasteiger partial charge >= 0.3 is 0 Å². The first kappa shape index (κ1) is 16.8. The van der Waals surface area contributed by atoms with E-state index in [-0.39, 0.29) is 0 Å². The molecule has 1 N–H and O–H groups in total. The first-order valence-electron chi connectivity index (χ1n) is 8.40. The highest BCUT2D eigenvalue weighted by Crippen LogP contribution is 2.36. The number of ether oxygens (including phenoxy) is 1. The molecule has 1 aromatic rings. The summed E-state index contributed by atoms with van der Waals surface area (Å²) in [6.45, 7) is 5.95. The number of hydrogen-bond acceptors (Lipinski definition) is 2. The molecular formula is C18H28BrNO. The van der Waals surface area contributed by atoms with E-state index in [2.05, 4.69) is 53.3 Å². The SMILES string of the molecule is CCNC(CC1CCCCC1)c1cc(Br)ccc1OCC. The molecule has 1 unspecified atom stereocenters. The minimum Gasteiger partial charge on any atom is -0.494 e. The van der Waals surface area contributed by atoms with Crippen LogP contribution in [0.3, 0.4) is 0 Å². The van der Waals surface area contributed by atoms with E-state index in [1.54, 1.807) is 0 Å². The first-order chi connectivity index (χ1) is 10.2. The molecule has 0 amide bonds. The van der Waals surface area contributed by atoms with Gasteiger partial charge in [-0.25, -0.2) is 0 Å². The zero-order valence-corrected chi connectivity index (χ0v) is 14.9. The van der Waals surface area contributed by atoms with E-state index in [0.717, 1.165) is 29.3 Å². The van der Waals surface area contributed by atoms with E-state index in [1.807, 2.05) is 0 Å². The third kappa shape index (κ3) is 5.00. The third-order valence-corrected chi connectivity index (χ3v) is 4.88. The van der Waals surface area contributed by atoms with Crippen molar-refractivity contribution in [3.63, 3.8) is 0 Å². The first-order valence-corrected chi connectivity index (χ1v) is 9.19. The van der Waals surface area contributed by atoms with Crippen LogP contribution in [0.2, 0.25) is 0 Å². The standard InChI is InChI=1S/C18H28BrNO/c1-3-20-17(12-14-8-6-5-7-9-14)16-13-15(19)10-11-18(16)21-4-2/h10-11,13-14,17,20H,3-9,12H2,1-2H3. The Morgan fingerprint density at radius 1 is 1.24 bits per heavy atom. The Balaban J connectivity index is 2.17. The van der Waals surface area contributed by atoms with Gasteiger partial charge in [0.15, 0.2) is 0 Å². The fourth-order valence-corrected chi connectivity index (χ4v) is 3.78. The molecule has 2 nitrogen and oxygen atoms in total. The molecular weight excluding hydrogens is 326 g/mol. The van der Waals surface area contributed by atoms with Crippen molar-refractivity contribution in [3.05, 3.63) is 28.2 Å². The van der Waals surface area contributed by atoms with Crippen LogP contribution in [0, 0.1) is 5.92 Å². The molecule has 0 aromatic heterocycles. The molecule has 0 bridgehead atoms. The molecule has 0 spiro atoms. The van der Waals surface area contributed by atoms with Gasteiger partial charge in [0.1, 0.15) is 5.75 Å². The average molecular weight is 354 g/mol. The van der Waals surface area contributed by atoms with Gasteiger partial charge < -0.3 is 10.1 Å². The van der Waals surface area contributed by atoms with E-state index >= 15 is 0 Å². The number of halogens is 1. The van der Waals surface area contributed by atoms with E-state index in [0.29, 0.717) is 6.04 Å². The molecule has 21 heavy (non-hydrogen) atoms. The van der Waals surface area contributed by atoms with E-state index in [9.17, 15) is 0 Å². The lowest BCUT2D eigenvalue weighted by Gasteiger charge is -2.28. The Hall–Kier alpha value is -0.540. The summed E-state index contributed by atoms with van der Waals surface area (Å²) in [6, 6.07) is 6.78. The maximum Gasteiger partial charge on any atom is 0.124 e. The minimum absolute atomic E-state index is 0.400. The van der Waals surface area contributed by atoms with Crippen LogP contribution < -0.4 is 10.1 Å². The number of rotatable bonds is 7. The summed E-state index contributed by atoms with van der Waals surface area (Å²) in [6.07, 6.45) is 8.23. The molecule has 3 heteroatoms. The predicted molar refractivity (Wildman–Crippen MR) is 92.9 cm³/mol. The van der Waals surface area contributed by atoms with E-state index in [1.165, 1.54) is 44.1 Å². The van der Waals surface area contributed by atoms with Crippen LogP contribution in [0.15, 0.2) is 22.7 Å². The van der Waals surface area contributed by atoms with Gasteiger partial charge in [-0.1, -0.05) is 55.0 Å². The van der Waals surface area contributed by atoms with Crippen molar-refractivity contribution in [1.82, 2.24) is 5.32 Å². The summed E-state index contributed by atoms with van der Waals surface area (Å²) in [7, 11) is 0. The second-order valence-corrected chi connectivity index (χ2v) is 6.88. The normalized spacial score (nSPS) is 17.7. The van der Waals surface area contributed by atoms with Crippen molar-refractivity contribution in [2.75, 3.05) is 13.2 Å². The number of benzene rings is 1. The van der Waals surface area contributed by atoms with Gasteiger partial charge in [-0.2, -0.15) is 0 Å². The fraction of sp³-hybridized carbons (Fsp3) is 0.667. The molecule has 1 aliphatic rings. The second kappa shape index (κ2) is 8.79. The third-order valence-electron chi connectivity index (χ3n) is 4.39. The molecule has 1 aromatic carbocycles. The van der Waals surface area contributed by atoms with E-state index < -0.39 is 0 Å². The Kier molecular flexibility index (Phi) is 7.05. The maximum atomic E-state index is 5.85. The van der Waals surface area contributed by atoms with Gasteiger partial charge in [0.2, 0.25) is 0 Å². The molecule has 0 radical (unpaired) electrons. The predicted octanol–water partition coefficient (Wildman–Crippen LogP) is 5.47. The Labute approximate surface area is 137 Å². The molecule has 0 aliphatic heterocycles. The van der Waals surface area contributed by atoms with Crippen molar-refractivity contribution in [1.29, 1.82) is 0 Å². The van der Waals surface area contributed by atoms with Gasteiger partial charge in [0, 0.05) is 16.1 Å². The quantitative estimate of drug-likeness (QED) is 0.701. The zero-order chi connectivity index (χ0) is 15.1. The number of hydrogen-bond donors (Lipinski definition) is 1. The Morgan fingerprint density at radius 3 is 2.67 bits per heavy atom. The smallest absolute Gasteiger partial charge is 0.124 e. The van der Waals surface area contributed by atoms with Gasteiger partial charge in [0.05, 0.1) is 6.61 Å². The molecule has 118 valence electrons. The summed E-state index contributed by atoms with van der Waals surface area (Å²) >= 11 is 3.61. The monoisotopic (exact) mass is 353 g/mol. The largest absolute Gasteiger partial charge is 0.494 e. The molecule has 0 saturated heterocycles. The van der Waals surface area contributed by atoms with Gasteiger partial charge in [-0.05, 0) is 44.0 Å². The fourth-order valence-electron chi connectivity index (χ4n) is 3.40.